The maximum absolute atomic E-state index is 5.72. The second-order valence-electron chi connectivity index (χ2n) is 5.95. The van der Waals surface area contributed by atoms with E-state index in [2.05, 4.69) is 49.2 Å². The number of hydrogen-bond acceptors (Lipinski definition) is 4. The number of methoxy groups -OCH3 is 1. The van der Waals surface area contributed by atoms with Gasteiger partial charge >= 0.3 is 0 Å². The van der Waals surface area contributed by atoms with Crippen molar-refractivity contribution in [2.45, 2.75) is 48.8 Å². The van der Waals surface area contributed by atoms with Crippen LogP contribution in [0.4, 0.5) is 0 Å². The van der Waals surface area contributed by atoms with Crippen LogP contribution in [0.3, 0.4) is 0 Å². The summed E-state index contributed by atoms with van der Waals surface area (Å²) < 4.78 is 11.1. The molecule has 0 aromatic heterocycles. The molecule has 4 atom stereocenters. The van der Waals surface area contributed by atoms with Gasteiger partial charge < -0.3 is 14.8 Å². The molecular weight excluding hydrogens is 282 g/mol. The third-order valence-corrected chi connectivity index (χ3v) is 6.55. The second-order valence-corrected chi connectivity index (χ2v) is 7.43. The van der Waals surface area contributed by atoms with Crippen molar-refractivity contribution in [2.24, 2.45) is 0 Å². The maximum Gasteiger partial charge on any atom is 0.119 e. The van der Waals surface area contributed by atoms with Crippen LogP contribution in [0.2, 0.25) is 0 Å². The molecule has 1 aromatic rings. The molecule has 3 rings (SSSR count). The van der Waals surface area contributed by atoms with Gasteiger partial charge in [0.2, 0.25) is 0 Å². The highest BCUT2D eigenvalue weighted by atomic mass is 32.2. The smallest absolute Gasteiger partial charge is 0.119 e. The molecule has 2 aliphatic rings. The fourth-order valence-electron chi connectivity index (χ4n) is 3.49. The predicted octanol–water partition coefficient (Wildman–Crippen LogP) is 3.18. The second kappa shape index (κ2) is 6.59. The van der Waals surface area contributed by atoms with Gasteiger partial charge in [0.25, 0.3) is 0 Å². The van der Waals surface area contributed by atoms with E-state index < -0.39 is 0 Å². The van der Waals surface area contributed by atoms with E-state index in [1.54, 1.807) is 7.11 Å². The number of thioether (sulfide) groups is 1. The molecule has 0 saturated carbocycles. The Hall–Kier alpha value is -0.710. The van der Waals surface area contributed by atoms with Gasteiger partial charge in [-0.1, -0.05) is 6.07 Å². The first-order valence-electron chi connectivity index (χ1n) is 7.84. The summed E-state index contributed by atoms with van der Waals surface area (Å²) in [5.74, 6) is 0.956. The van der Waals surface area contributed by atoms with Crippen molar-refractivity contribution in [3.05, 3.63) is 29.3 Å². The number of rotatable bonds is 4. The van der Waals surface area contributed by atoms with Crippen LogP contribution >= 0.6 is 11.8 Å². The van der Waals surface area contributed by atoms with Gasteiger partial charge in [-0.2, -0.15) is 11.8 Å². The lowest BCUT2D eigenvalue weighted by molar-refractivity contribution is 0.127. The minimum absolute atomic E-state index is 0.388. The molecule has 0 radical (unpaired) electrons. The van der Waals surface area contributed by atoms with Crippen LogP contribution in [0, 0.1) is 0 Å². The van der Waals surface area contributed by atoms with E-state index >= 15 is 0 Å². The molecule has 1 aliphatic carbocycles. The Labute approximate surface area is 131 Å². The molecule has 4 heteroatoms. The van der Waals surface area contributed by atoms with Gasteiger partial charge in [0.15, 0.2) is 0 Å². The van der Waals surface area contributed by atoms with Crippen molar-refractivity contribution < 1.29 is 9.47 Å². The fraction of sp³-hybridized carbons (Fsp3) is 0.647. The van der Waals surface area contributed by atoms with Crippen molar-refractivity contribution in [3.8, 4) is 5.75 Å². The largest absolute Gasteiger partial charge is 0.497 e. The van der Waals surface area contributed by atoms with Gasteiger partial charge in [0.1, 0.15) is 5.75 Å². The van der Waals surface area contributed by atoms with Crippen molar-refractivity contribution >= 4 is 11.8 Å². The Balaban J connectivity index is 1.80. The standard InChI is InChI=1S/C17H25NO2S/c1-11-15(8-9-20-11)21-16-7-5-12-4-6-13(19-3)10-14(12)17(16)18-2/h4,6,10-11,15-18H,5,7-9H2,1-3H3. The van der Waals surface area contributed by atoms with Crippen LogP contribution in [0.25, 0.3) is 0 Å². The number of aryl methyl sites for hydroxylation is 1. The summed E-state index contributed by atoms with van der Waals surface area (Å²) in [7, 11) is 3.81. The molecule has 1 aromatic carbocycles. The topological polar surface area (TPSA) is 30.5 Å². The molecule has 1 N–H and O–H groups in total. The summed E-state index contributed by atoms with van der Waals surface area (Å²) >= 11 is 2.12. The molecule has 0 spiro atoms. The SMILES string of the molecule is CNC1c2cc(OC)ccc2CCC1SC1CCOC1C. The summed E-state index contributed by atoms with van der Waals surface area (Å²) in [5.41, 5.74) is 2.87. The van der Waals surface area contributed by atoms with Crippen LogP contribution in [0.5, 0.6) is 5.75 Å². The van der Waals surface area contributed by atoms with E-state index in [1.807, 2.05) is 0 Å². The zero-order valence-electron chi connectivity index (χ0n) is 13.1. The van der Waals surface area contributed by atoms with Gasteiger partial charge in [-0.05, 0) is 56.5 Å². The number of nitrogens with one attached hydrogen (secondary N) is 1. The van der Waals surface area contributed by atoms with Gasteiger partial charge in [-0.15, -0.1) is 0 Å². The monoisotopic (exact) mass is 307 g/mol. The summed E-state index contributed by atoms with van der Waals surface area (Å²) in [6, 6.07) is 6.91. The molecule has 1 heterocycles. The number of ether oxygens (including phenoxy) is 2. The first kappa shape index (κ1) is 15.2. The van der Waals surface area contributed by atoms with Crippen molar-refractivity contribution in [1.29, 1.82) is 0 Å². The van der Waals surface area contributed by atoms with Gasteiger partial charge in [-0.25, -0.2) is 0 Å². The van der Waals surface area contributed by atoms with Crippen molar-refractivity contribution in [3.63, 3.8) is 0 Å². The van der Waals surface area contributed by atoms with Crippen LogP contribution in [-0.2, 0) is 11.2 Å². The summed E-state index contributed by atoms with van der Waals surface area (Å²) in [6.07, 6.45) is 3.97. The third-order valence-electron chi connectivity index (χ3n) is 4.73. The van der Waals surface area contributed by atoms with Gasteiger partial charge in [0, 0.05) is 23.1 Å². The molecule has 1 fully saturated rings. The zero-order chi connectivity index (χ0) is 14.8. The van der Waals surface area contributed by atoms with E-state index in [0.717, 1.165) is 18.8 Å². The highest BCUT2D eigenvalue weighted by Gasteiger charge is 2.34. The molecule has 21 heavy (non-hydrogen) atoms. The average molecular weight is 307 g/mol. The molecule has 0 bridgehead atoms. The lowest BCUT2D eigenvalue weighted by Crippen LogP contribution is -2.34. The lowest BCUT2D eigenvalue weighted by atomic mass is 9.87. The highest BCUT2D eigenvalue weighted by Crippen LogP contribution is 2.42. The number of hydrogen-bond donors (Lipinski definition) is 1. The van der Waals surface area contributed by atoms with Gasteiger partial charge in [0.05, 0.1) is 13.2 Å². The van der Waals surface area contributed by atoms with Crippen LogP contribution < -0.4 is 10.1 Å². The van der Waals surface area contributed by atoms with E-state index in [9.17, 15) is 0 Å². The molecular formula is C17H25NO2S. The molecule has 116 valence electrons. The van der Waals surface area contributed by atoms with E-state index in [4.69, 9.17) is 9.47 Å². The Morgan fingerprint density at radius 1 is 1.29 bits per heavy atom. The van der Waals surface area contributed by atoms with E-state index in [-0.39, 0.29) is 0 Å². The normalized spacial score (nSPS) is 32.0. The highest BCUT2D eigenvalue weighted by molar-refractivity contribution is 8.00. The predicted molar refractivity (Wildman–Crippen MR) is 88.3 cm³/mol. The molecule has 1 aliphatic heterocycles. The van der Waals surface area contributed by atoms with Gasteiger partial charge in [-0.3, -0.25) is 0 Å². The van der Waals surface area contributed by atoms with E-state index in [1.165, 1.54) is 24.0 Å². The Morgan fingerprint density at radius 3 is 2.81 bits per heavy atom. The Kier molecular flexibility index (Phi) is 4.77. The minimum atomic E-state index is 0.388. The summed E-state index contributed by atoms with van der Waals surface area (Å²) in [6.45, 7) is 3.12. The zero-order valence-corrected chi connectivity index (χ0v) is 13.9. The molecule has 0 amide bonds. The van der Waals surface area contributed by atoms with Crippen LogP contribution in [0.15, 0.2) is 18.2 Å². The van der Waals surface area contributed by atoms with Crippen LogP contribution in [-0.4, -0.2) is 37.4 Å². The lowest BCUT2D eigenvalue weighted by Gasteiger charge is -2.35. The molecule has 3 nitrogen and oxygen atoms in total. The minimum Gasteiger partial charge on any atom is -0.497 e. The first-order valence-corrected chi connectivity index (χ1v) is 8.78. The first-order chi connectivity index (χ1) is 10.2. The Bertz CT molecular complexity index is 494. The van der Waals surface area contributed by atoms with Crippen LogP contribution in [0.1, 0.15) is 36.9 Å². The fourth-order valence-corrected chi connectivity index (χ4v) is 5.16. The maximum atomic E-state index is 5.72. The number of fused-ring (bicyclic) bond motifs is 1. The van der Waals surface area contributed by atoms with Crippen molar-refractivity contribution in [2.75, 3.05) is 20.8 Å². The average Bonchev–Trinajstić information content (AvgIpc) is 2.91. The quantitative estimate of drug-likeness (QED) is 0.925. The molecule has 1 saturated heterocycles. The van der Waals surface area contributed by atoms with E-state index in [0.29, 0.717) is 22.6 Å². The Morgan fingerprint density at radius 2 is 2.14 bits per heavy atom. The number of benzene rings is 1. The summed E-state index contributed by atoms with van der Waals surface area (Å²) in [4.78, 5) is 0. The van der Waals surface area contributed by atoms with Crippen molar-refractivity contribution in [1.82, 2.24) is 5.32 Å². The molecule has 4 unspecified atom stereocenters. The third kappa shape index (κ3) is 3.08. The summed E-state index contributed by atoms with van der Waals surface area (Å²) in [5, 5.41) is 4.78.